The summed E-state index contributed by atoms with van der Waals surface area (Å²) < 4.78 is 0. The number of phenolic OH excluding ortho intramolecular Hbond substituents is 1. The van der Waals surface area contributed by atoms with Crippen LogP contribution in [0.1, 0.15) is 6.92 Å². The number of anilines is 3. The van der Waals surface area contributed by atoms with E-state index in [1.165, 1.54) is 0 Å². The smallest absolute Gasteiger partial charge is 0.300 e. The molecule has 28 heavy (non-hydrogen) atoms. The Bertz CT molecular complexity index is 1120. The first-order chi connectivity index (χ1) is 13.4. The van der Waals surface area contributed by atoms with Crippen molar-refractivity contribution < 1.29 is 15.0 Å². The van der Waals surface area contributed by atoms with E-state index in [4.69, 9.17) is 15.6 Å². The molecule has 0 atom stereocenters. The van der Waals surface area contributed by atoms with Crippen LogP contribution in [-0.2, 0) is 4.79 Å². The van der Waals surface area contributed by atoms with Crippen molar-refractivity contribution in [2.75, 3.05) is 11.1 Å². The van der Waals surface area contributed by atoms with Crippen LogP contribution in [0.5, 0.6) is 5.75 Å². The molecule has 0 saturated carbocycles. The van der Waals surface area contributed by atoms with Crippen LogP contribution >= 0.6 is 0 Å². The first-order valence-corrected chi connectivity index (χ1v) is 8.25. The highest BCUT2D eigenvalue weighted by atomic mass is 16.4. The van der Waals surface area contributed by atoms with Gasteiger partial charge in [0.05, 0.1) is 5.52 Å². The number of H-pyrrole nitrogens is 1. The second kappa shape index (κ2) is 8.04. The average molecular weight is 378 g/mol. The normalized spacial score (nSPS) is 10.2. The third-order valence-corrected chi connectivity index (χ3v) is 3.67. The lowest BCUT2D eigenvalue weighted by molar-refractivity contribution is -0.134. The molecule has 0 spiro atoms. The van der Waals surface area contributed by atoms with E-state index < -0.39 is 5.97 Å². The van der Waals surface area contributed by atoms with Gasteiger partial charge in [0.2, 0.25) is 5.95 Å². The number of rotatable bonds is 3. The SMILES string of the molecule is CC(=O)O.Nc1nccc(Nc2ccc3[nH]nc(-c4ccccc4O)c3c2)n1. The van der Waals surface area contributed by atoms with Gasteiger partial charge in [-0.05, 0) is 36.4 Å². The van der Waals surface area contributed by atoms with E-state index in [0.717, 1.165) is 23.5 Å². The topological polar surface area (TPSA) is 150 Å². The Morgan fingerprint density at radius 2 is 1.93 bits per heavy atom. The van der Waals surface area contributed by atoms with Gasteiger partial charge in [-0.15, -0.1) is 0 Å². The van der Waals surface area contributed by atoms with Crippen LogP contribution in [0.3, 0.4) is 0 Å². The summed E-state index contributed by atoms with van der Waals surface area (Å²) in [6, 6.07) is 14.6. The van der Waals surface area contributed by atoms with Gasteiger partial charge in [-0.2, -0.15) is 10.1 Å². The van der Waals surface area contributed by atoms with Gasteiger partial charge in [0.25, 0.3) is 5.97 Å². The minimum atomic E-state index is -0.833. The van der Waals surface area contributed by atoms with Crippen molar-refractivity contribution in [2.24, 2.45) is 0 Å². The fraction of sp³-hybridized carbons (Fsp3) is 0.0526. The van der Waals surface area contributed by atoms with Crippen molar-refractivity contribution in [3.8, 4) is 17.0 Å². The Hall–Kier alpha value is -4.14. The zero-order valence-electron chi connectivity index (χ0n) is 14.9. The molecule has 9 nitrogen and oxygen atoms in total. The predicted molar refractivity (Wildman–Crippen MR) is 106 cm³/mol. The third-order valence-electron chi connectivity index (χ3n) is 3.67. The fourth-order valence-electron chi connectivity index (χ4n) is 2.56. The van der Waals surface area contributed by atoms with Gasteiger partial charge >= 0.3 is 0 Å². The Kier molecular flexibility index (Phi) is 5.35. The Balaban J connectivity index is 0.000000516. The lowest BCUT2D eigenvalue weighted by Crippen LogP contribution is -1.98. The lowest BCUT2D eigenvalue weighted by Gasteiger charge is -2.06. The molecule has 2 aromatic carbocycles. The number of hydrogen-bond acceptors (Lipinski definition) is 7. The molecule has 0 unspecified atom stereocenters. The summed E-state index contributed by atoms with van der Waals surface area (Å²) in [4.78, 5) is 17.0. The van der Waals surface area contributed by atoms with Crippen molar-refractivity contribution in [2.45, 2.75) is 6.92 Å². The fourth-order valence-corrected chi connectivity index (χ4v) is 2.56. The number of aromatic hydroxyl groups is 1. The molecule has 0 saturated heterocycles. The van der Waals surface area contributed by atoms with E-state index in [1.807, 2.05) is 30.3 Å². The van der Waals surface area contributed by atoms with E-state index in [9.17, 15) is 5.11 Å². The molecule has 0 aliphatic carbocycles. The zero-order valence-corrected chi connectivity index (χ0v) is 14.9. The van der Waals surface area contributed by atoms with E-state index >= 15 is 0 Å². The van der Waals surface area contributed by atoms with Gasteiger partial charge in [0, 0.05) is 29.8 Å². The number of hydrogen-bond donors (Lipinski definition) is 5. The maximum atomic E-state index is 10.1. The minimum absolute atomic E-state index is 0.188. The van der Waals surface area contributed by atoms with E-state index in [0.29, 0.717) is 17.1 Å². The van der Waals surface area contributed by atoms with E-state index in [1.54, 1.807) is 24.4 Å². The Morgan fingerprint density at radius 3 is 2.64 bits per heavy atom. The van der Waals surface area contributed by atoms with Crippen LogP contribution in [-0.4, -0.2) is 36.3 Å². The molecule has 0 bridgehead atoms. The van der Waals surface area contributed by atoms with Crippen molar-refractivity contribution in [3.05, 3.63) is 54.7 Å². The van der Waals surface area contributed by atoms with Crippen LogP contribution < -0.4 is 11.1 Å². The summed E-state index contributed by atoms with van der Waals surface area (Å²) in [6.45, 7) is 1.08. The number of nitrogens with one attached hydrogen (secondary N) is 2. The maximum absolute atomic E-state index is 10.1. The molecule has 4 rings (SSSR count). The number of benzene rings is 2. The van der Waals surface area contributed by atoms with Gasteiger partial charge < -0.3 is 21.3 Å². The number of nitrogens with zero attached hydrogens (tertiary/aromatic N) is 3. The number of aromatic nitrogens is 4. The molecule has 2 aromatic heterocycles. The molecule has 0 amide bonds. The van der Waals surface area contributed by atoms with Gasteiger partial charge in [-0.3, -0.25) is 9.89 Å². The highest BCUT2D eigenvalue weighted by molar-refractivity contribution is 5.96. The van der Waals surface area contributed by atoms with Gasteiger partial charge in [-0.1, -0.05) is 12.1 Å². The molecular formula is C19H18N6O3. The molecule has 0 radical (unpaired) electrons. The van der Waals surface area contributed by atoms with E-state index in [2.05, 4.69) is 25.5 Å². The molecule has 4 aromatic rings. The summed E-state index contributed by atoms with van der Waals surface area (Å²) in [5.41, 5.74) is 8.67. The van der Waals surface area contributed by atoms with Crippen LogP contribution in [0, 0.1) is 0 Å². The van der Waals surface area contributed by atoms with Crippen molar-refractivity contribution >= 4 is 34.3 Å². The maximum Gasteiger partial charge on any atom is 0.300 e. The molecule has 0 aliphatic heterocycles. The van der Waals surface area contributed by atoms with Gasteiger partial charge in [0.15, 0.2) is 0 Å². The van der Waals surface area contributed by atoms with Crippen molar-refractivity contribution in [1.29, 1.82) is 0 Å². The lowest BCUT2D eigenvalue weighted by atomic mass is 10.1. The number of nitrogen functional groups attached to an aromatic ring is 1. The van der Waals surface area contributed by atoms with Crippen LogP contribution in [0.25, 0.3) is 22.2 Å². The number of aliphatic carboxylic acids is 1. The van der Waals surface area contributed by atoms with Gasteiger partial charge in [0.1, 0.15) is 17.3 Å². The van der Waals surface area contributed by atoms with Crippen molar-refractivity contribution in [3.63, 3.8) is 0 Å². The zero-order chi connectivity index (χ0) is 20.1. The number of carboxylic acid groups (broad SMARTS) is 1. The second-order valence-corrected chi connectivity index (χ2v) is 5.79. The molecular weight excluding hydrogens is 360 g/mol. The highest BCUT2D eigenvalue weighted by Crippen LogP contribution is 2.33. The van der Waals surface area contributed by atoms with Crippen LogP contribution in [0.2, 0.25) is 0 Å². The molecule has 0 aliphatic rings. The van der Waals surface area contributed by atoms with Crippen molar-refractivity contribution in [1.82, 2.24) is 20.2 Å². The first-order valence-electron chi connectivity index (χ1n) is 8.25. The summed E-state index contributed by atoms with van der Waals surface area (Å²) >= 11 is 0. The van der Waals surface area contributed by atoms with Crippen LogP contribution in [0.4, 0.5) is 17.5 Å². The standard InChI is InChI=1S/C17H14N6O.C2H4O2/c18-17-19-8-7-15(21-17)20-10-5-6-13-12(9-10)16(23-22-13)11-3-1-2-4-14(11)24;1-2(3)4/h1-9,24H,(H,22,23)(H3,18,19,20,21);1H3,(H,3,4). The number of carbonyl (C=O) groups is 1. The minimum Gasteiger partial charge on any atom is -0.507 e. The average Bonchev–Trinajstić information content (AvgIpc) is 3.05. The first kappa shape index (κ1) is 18.6. The predicted octanol–water partition coefficient (Wildman–Crippen LogP) is 3.14. The number of carboxylic acids is 1. The molecule has 2 heterocycles. The Labute approximate surface area is 159 Å². The number of nitrogens with two attached hydrogens (primary N) is 1. The number of fused-ring (bicyclic) bond motifs is 1. The number of phenols is 1. The molecule has 0 fully saturated rings. The monoisotopic (exact) mass is 378 g/mol. The Morgan fingerprint density at radius 1 is 1.18 bits per heavy atom. The quantitative estimate of drug-likeness (QED) is 0.365. The summed E-state index contributed by atoms with van der Waals surface area (Å²) in [7, 11) is 0. The molecule has 142 valence electrons. The number of aromatic amines is 1. The highest BCUT2D eigenvalue weighted by Gasteiger charge is 2.12. The molecule has 9 heteroatoms. The van der Waals surface area contributed by atoms with Crippen LogP contribution in [0.15, 0.2) is 54.7 Å². The molecule has 6 N–H and O–H groups in total. The largest absolute Gasteiger partial charge is 0.507 e. The van der Waals surface area contributed by atoms with Gasteiger partial charge in [-0.25, -0.2) is 4.98 Å². The third kappa shape index (κ3) is 4.33. The number of para-hydroxylation sites is 1. The second-order valence-electron chi connectivity index (χ2n) is 5.79. The summed E-state index contributed by atoms with van der Waals surface area (Å²) in [5.74, 6) is 0.168. The summed E-state index contributed by atoms with van der Waals surface area (Å²) in [6.07, 6.45) is 1.59. The summed E-state index contributed by atoms with van der Waals surface area (Å²) in [5, 5.41) is 28.9. The van der Waals surface area contributed by atoms with E-state index in [-0.39, 0.29) is 11.7 Å².